The highest BCUT2D eigenvalue weighted by molar-refractivity contribution is 5.83. The Labute approximate surface area is 125 Å². The minimum absolute atomic E-state index is 0.138. The molecule has 7 nitrogen and oxygen atoms in total. The third-order valence-electron chi connectivity index (χ3n) is 2.66. The minimum atomic E-state index is -1.06. The molecule has 7 heteroatoms. The average Bonchev–Trinajstić information content (AvgIpc) is 2.34. The number of nitrogens with one attached hydrogen (secondary N) is 3. The van der Waals surface area contributed by atoms with Crippen LogP contribution < -0.4 is 16.0 Å². The van der Waals surface area contributed by atoms with Crippen molar-refractivity contribution >= 4 is 17.9 Å². The Kier molecular flexibility index (Phi) is 9.16. The highest BCUT2D eigenvalue weighted by Gasteiger charge is 2.20. The van der Waals surface area contributed by atoms with E-state index in [-0.39, 0.29) is 24.8 Å². The van der Waals surface area contributed by atoms with E-state index in [0.29, 0.717) is 18.9 Å². The van der Waals surface area contributed by atoms with Crippen LogP contribution in [0.3, 0.4) is 0 Å². The van der Waals surface area contributed by atoms with Gasteiger partial charge in [-0.1, -0.05) is 27.7 Å². The second kappa shape index (κ2) is 10.0. The van der Waals surface area contributed by atoms with Gasteiger partial charge in [-0.25, -0.2) is 9.59 Å². The third-order valence-corrected chi connectivity index (χ3v) is 2.66. The zero-order chi connectivity index (χ0) is 16.4. The van der Waals surface area contributed by atoms with Crippen LogP contribution in [0.15, 0.2) is 0 Å². The van der Waals surface area contributed by atoms with Gasteiger partial charge in [0, 0.05) is 19.5 Å². The van der Waals surface area contributed by atoms with Crippen molar-refractivity contribution in [1.29, 1.82) is 0 Å². The minimum Gasteiger partial charge on any atom is -0.480 e. The summed E-state index contributed by atoms with van der Waals surface area (Å²) in [6.45, 7) is 8.52. The maximum absolute atomic E-state index is 11.6. The molecule has 0 heterocycles. The van der Waals surface area contributed by atoms with Crippen molar-refractivity contribution in [1.82, 2.24) is 16.0 Å². The number of carboxylic acids is 1. The summed E-state index contributed by atoms with van der Waals surface area (Å²) in [6.07, 6.45) is 0.527. The zero-order valence-corrected chi connectivity index (χ0v) is 13.2. The molecule has 0 aliphatic carbocycles. The summed E-state index contributed by atoms with van der Waals surface area (Å²) in [5.41, 5.74) is 0. The third kappa shape index (κ3) is 10.6. The summed E-state index contributed by atoms with van der Waals surface area (Å²) < 4.78 is 0. The lowest BCUT2D eigenvalue weighted by molar-refractivity contribution is -0.139. The molecule has 0 spiro atoms. The molecule has 0 aromatic heterocycles. The van der Waals surface area contributed by atoms with E-state index in [9.17, 15) is 14.4 Å². The molecule has 0 aromatic rings. The highest BCUT2D eigenvalue weighted by atomic mass is 16.4. The van der Waals surface area contributed by atoms with Crippen LogP contribution in [0.4, 0.5) is 4.79 Å². The highest BCUT2D eigenvalue weighted by Crippen LogP contribution is 2.04. The number of hydrogen-bond acceptors (Lipinski definition) is 3. The van der Waals surface area contributed by atoms with Gasteiger partial charge in [0.15, 0.2) is 0 Å². The van der Waals surface area contributed by atoms with Crippen LogP contribution in [0.1, 0.15) is 40.5 Å². The number of carbonyl (C=O) groups excluding carboxylic acids is 2. The first-order valence-corrected chi connectivity index (χ1v) is 7.26. The van der Waals surface area contributed by atoms with E-state index >= 15 is 0 Å². The summed E-state index contributed by atoms with van der Waals surface area (Å²) in [6, 6.07) is -1.49. The zero-order valence-electron chi connectivity index (χ0n) is 13.2. The number of carboxylic acid groups (broad SMARTS) is 1. The fourth-order valence-electron chi connectivity index (χ4n) is 1.60. The fraction of sp³-hybridized carbons (Fsp3) is 0.786. The van der Waals surface area contributed by atoms with Crippen molar-refractivity contribution in [2.24, 2.45) is 11.8 Å². The van der Waals surface area contributed by atoms with Crippen LogP contribution in [0.5, 0.6) is 0 Å². The lowest BCUT2D eigenvalue weighted by Crippen LogP contribution is -2.47. The smallest absolute Gasteiger partial charge is 0.326 e. The van der Waals surface area contributed by atoms with Gasteiger partial charge in [0.05, 0.1) is 0 Å². The lowest BCUT2D eigenvalue weighted by atomic mass is 10.0. The molecule has 0 aromatic carbocycles. The number of amides is 3. The van der Waals surface area contributed by atoms with Crippen LogP contribution >= 0.6 is 0 Å². The van der Waals surface area contributed by atoms with Gasteiger partial charge in [-0.15, -0.1) is 0 Å². The van der Waals surface area contributed by atoms with Gasteiger partial charge in [0.1, 0.15) is 6.04 Å². The Balaban J connectivity index is 3.97. The Hall–Kier alpha value is -1.79. The average molecular weight is 301 g/mol. The van der Waals surface area contributed by atoms with E-state index in [1.54, 1.807) is 0 Å². The van der Waals surface area contributed by atoms with Gasteiger partial charge in [0.25, 0.3) is 0 Å². The first-order chi connectivity index (χ1) is 9.72. The number of aliphatic carboxylic acids is 1. The first kappa shape index (κ1) is 19.2. The standard InChI is InChI=1S/C14H27N3O4/c1-9(2)7-11(13(19)20)17-14(21)15-6-5-12(18)16-8-10(3)4/h9-11H,5-8H2,1-4H3,(H,16,18)(H,19,20)(H2,15,17,21)/t11-/m0/s1. The number of rotatable bonds is 9. The largest absolute Gasteiger partial charge is 0.480 e. The van der Waals surface area contributed by atoms with E-state index in [0.717, 1.165) is 0 Å². The molecule has 4 N–H and O–H groups in total. The van der Waals surface area contributed by atoms with Crippen molar-refractivity contribution in [3.8, 4) is 0 Å². The van der Waals surface area contributed by atoms with Crippen LogP contribution in [-0.4, -0.2) is 42.1 Å². The first-order valence-electron chi connectivity index (χ1n) is 7.26. The SMILES string of the molecule is CC(C)CNC(=O)CCNC(=O)N[C@@H](CC(C)C)C(=O)O. The quantitative estimate of drug-likeness (QED) is 0.508. The van der Waals surface area contributed by atoms with Gasteiger partial charge in [0.2, 0.25) is 5.91 Å². The molecule has 0 radical (unpaired) electrons. The van der Waals surface area contributed by atoms with Gasteiger partial charge < -0.3 is 21.1 Å². The maximum atomic E-state index is 11.6. The summed E-state index contributed by atoms with van der Waals surface area (Å²) >= 11 is 0. The number of urea groups is 1. The molecule has 0 unspecified atom stereocenters. The predicted molar refractivity (Wildman–Crippen MR) is 79.9 cm³/mol. The van der Waals surface area contributed by atoms with E-state index in [1.807, 2.05) is 27.7 Å². The van der Waals surface area contributed by atoms with Gasteiger partial charge >= 0.3 is 12.0 Å². The Morgan fingerprint density at radius 2 is 1.62 bits per heavy atom. The van der Waals surface area contributed by atoms with E-state index in [1.165, 1.54) is 0 Å². The molecule has 3 amide bonds. The maximum Gasteiger partial charge on any atom is 0.326 e. The molecular weight excluding hydrogens is 274 g/mol. The molecule has 21 heavy (non-hydrogen) atoms. The van der Waals surface area contributed by atoms with Crippen molar-refractivity contribution in [3.05, 3.63) is 0 Å². The summed E-state index contributed by atoms with van der Waals surface area (Å²) in [4.78, 5) is 34.0. The second-order valence-corrected chi connectivity index (χ2v) is 5.87. The van der Waals surface area contributed by atoms with Gasteiger partial charge in [-0.2, -0.15) is 0 Å². The molecule has 1 atom stereocenters. The molecule has 0 aliphatic rings. The molecule has 0 rings (SSSR count). The summed E-state index contributed by atoms with van der Waals surface area (Å²) in [7, 11) is 0. The molecule has 0 aliphatic heterocycles. The second-order valence-electron chi connectivity index (χ2n) is 5.87. The topological polar surface area (TPSA) is 108 Å². The fourth-order valence-corrected chi connectivity index (χ4v) is 1.60. The van der Waals surface area contributed by atoms with Crippen LogP contribution in [0, 0.1) is 11.8 Å². The van der Waals surface area contributed by atoms with Crippen molar-refractivity contribution < 1.29 is 19.5 Å². The van der Waals surface area contributed by atoms with Crippen LogP contribution in [-0.2, 0) is 9.59 Å². The van der Waals surface area contributed by atoms with Crippen LogP contribution in [0.25, 0.3) is 0 Å². The number of carbonyl (C=O) groups is 3. The van der Waals surface area contributed by atoms with E-state index in [2.05, 4.69) is 16.0 Å². The Morgan fingerprint density at radius 1 is 1.00 bits per heavy atom. The molecule has 122 valence electrons. The predicted octanol–water partition coefficient (Wildman–Crippen LogP) is 0.947. The summed E-state index contributed by atoms with van der Waals surface area (Å²) in [5, 5.41) is 16.6. The molecule has 0 saturated carbocycles. The van der Waals surface area contributed by atoms with Crippen LogP contribution in [0.2, 0.25) is 0 Å². The van der Waals surface area contributed by atoms with E-state index < -0.39 is 18.0 Å². The summed E-state index contributed by atoms with van der Waals surface area (Å²) in [5.74, 6) is -0.666. The Bertz CT molecular complexity index is 356. The lowest BCUT2D eigenvalue weighted by Gasteiger charge is -2.16. The number of hydrogen-bond donors (Lipinski definition) is 4. The molecule has 0 fully saturated rings. The van der Waals surface area contributed by atoms with Crippen molar-refractivity contribution in [2.75, 3.05) is 13.1 Å². The monoisotopic (exact) mass is 301 g/mol. The van der Waals surface area contributed by atoms with Gasteiger partial charge in [-0.3, -0.25) is 4.79 Å². The van der Waals surface area contributed by atoms with Crippen molar-refractivity contribution in [3.63, 3.8) is 0 Å². The molecule has 0 bridgehead atoms. The molecular formula is C14H27N3O4. The molecule has 0 saturated heterocycles. The van der Waals surface area contributed by atoms with E-state index in [4.69, 9.17) is 5.11 Å². The van der Waals surface area contributed by atoms with Gasteiger partial charge in [-0.05, 0) is 18.3 Å². The van der Waals surface area contributed by atoms with Crippen molar-refractivity contribution in [2.45, 2.75) is 46.6 Å². The Morgan fingerprint density at radius 3 is 2.10 bits per heavy atom. The normalized spacial score (nSPS) is 12.1.